The van der Waals surface area contributed by atoms with Crippen molar-refractivity contribution in [2.24, 2.45) is 11.7 Å². The van der Waals surface area contributed by atoms with Crippen LogP contribution in [0.5, 0.6) is 0 Å². The second-order valence-electron chi connectivity index (χ2n) is 5.03. The van der Waals surface area contributed by atoms with Gasteiger partial charge in [-0.1, -0.05) is 13.3 Å². The van der Waals surface area contributed by atoms with Crippen molar-refractivity contribution >= 4 is 5.91 Å². The number of amides is 1. The molecule has 1 unspecified atom stereocenters. The lowest BCUT2D eigenvalue weighted by molar-refractivity contribution is -0.131. The van der Waals surface area contributed by atoms with Crippen molar-refractivity contribution in [1.82, 2.24) is 9.80 Å². The lowest BCUT2D eigenvalue weighted by atomic mass is 10.1. The Morgan fingerprint density at radius 1 is 1.62 bits per heavy atom. The normalized spacial score (nSPS) is 23.4. The quantitative estimate of drug-likeness (QED) is 0.745. The smallest absolute Gasteiger partial charge is 0.239 e. The largest absolute Gasteiger partial charge is 0.344 e. The van der Waals surface area contributed by atoms with E-state index in [2.05, 4.69) is 18.9 Å². The highest BCUT2D eigenvalue weighted by molar-refractivity contribution is 5.81. The molecule has 16 heavy (non-hydrogen) atoms. The molecule has 4 heteroatoms. The summed E-state index contributed by atoms with van der Waals surface area (Å²) in [5.41, 5.74) is 5.83. The first-order chi connectivity index (χ1) is 7.54. The predicted molar refractivity (Wildman–Crippen MR) is 66.1 cm³/mol. The molecule has 1 aliphatic rings. The third-order valence-corrected chi connectivity index (χ3v) is 3.31. The van der Waals surface area contributed by atoms with E-state index < -0.39 is 0 Å². The number of hydrogen-bond acceptors (Lipinski definition) is 3. The number of carbonyl (C=O) groups is 1. The van der Waals surface area contributed by atoms with Gasteiger partial charge in [-0.05, 0) is 32.4 Å². The Bertz CT molecular complexity index is 232. The second-order valence-corrected chi connectivity index (χ2v) is 5.03. The molecule has 0 spiro atoms. The maximum Gasteiger partial charge on any atom is 0.239 e. The van der Waals surface area contributed by atoms with Crippen LogP contribution in [0.3, 0.4) is 0 Å². The first-order valence-corrected chi connectivity index (χ1v) is 6.23. The van der Waals surface area contributed by atoms with Gasteiger partial charge in [-0.3, -0.25) is 4.79 Å². The van der Waals surface area contributed by atoms with Crippen LogP contribution in [-0.4, -0.2) is 55.5 Å². The van der Waals surface area contributed by atoms with E-state index in [1.807, 2.05) is 11.9 Å². The topological polar surface area (TPSA) is 49.6 Å². The number of likely N-dealkylation sites (N-methyl/N-ethyl adjacent to an activating group) is 1. The van der Waals surface area contributed by atoms with Gasteiger partial charge in [-0.2, -0.15) is 0 Å². The number of nitrogens with two attached hydrogens (primary N) is 1. The molecule has 4 nitrogen and oxygen atoms in total. The van der Waals surface area contributed by atoms with E-state index in [4.69, 9.17) is 5.73 Å². The minimum atomic E-state index is -0.311. The molecule has 94 valence electrons. The Hall–Kier alpha value is -0.610. The van der Waals surface area contributed by atoms with Crippen LogP contribution in [0.15, 0.2) is 0 Å². The highest BCUT2D eigenvalue weighted by Crippen LogP contribution is 2.15. The van der Waals surface area contributed by atoms with Gasteiger partial charge in [0.15, 0.2) is 0 Å². The van der Waals surface area contributed by atoms with E-state index in [9.17, 15) is 4.79 Å². The summed E-state index contributed by atoms with van der Waals surface area (Å²) in [7, 11) is 4.00. The minimum Gasteiger partial charge on any atom is -0.344 e. The molecular formula is C12H25N3O. The molecule has 0 aromatic carbocycles. The average Bonchev–Trinajstić information content (AvgIpc) is 2.63. The van der Waals surface area contributed by atoms with E-state index in [0.717, 1.165) is 32.5 Å². The van der Waals surface area contributed by atoms with Gasteiger partial charge in [-0.25, -0.2) is 0 Å². The third kappa shape index (κ3) is 3.76. The van der Waals surface area contributed by atoms with E-state index >= 15 is 0 Å². The molecule has 1 fully saturated rings. The van der Waals surface area contributed by atoms with Crippen LogP contribution in [0, 0.1) is 5.92 Å². The van der Waals surface area contributed by atoms with Crippen molar-refractivity contribution in [3.05, 3.63) is 0 Å². The summed E-state index contributed by atoms with van der Waals surface area (Å²) < 4.78 is 0. The standard InChI is InChI=1S/C12H25N3O/c1-4-5-11(13)12(16)15(3)9-10-6-7-14(2)8-10/h10-11H,4-9,13H2,1-3H3/t10?,11-/m1/s1. The van der Waals surface area contributed by atoms with E-state index in [-0.39, 0.29) is 11.9 Å². The lowest BCUT2D eigenvalue weighted by Gasteiger charge is -2.24. The van der Waals surface area contributed by atoms with Gasteiger partial charge in [0.2, 0.25) is 5.91 Å². The van der Waals surface area contributed by atoms with Crippen LogP contribution in [0.1, 0.15) is 26.2 Å². The number of hydrogen-bond donors (Lipinski definition) is 1. The Morgan fingerprint density at radius 2 is 2.31 bits per heavy atom. The molecule has 1 saturated heterocycles. The molecule has 1 heterocycles. The summed E-state index contributed by atoms with van der Waals surface area (Å²) in [6.45, 7) is 5.15. The molecule has 1 aliphatic heterocycles. The number of nitrogens with zero attached hydrogens (tertiary/aromatic N) is 2. The van der Waals surface area contributed by atoms with Gasteiger partial charge in [0.25, 0.3) is 0 Å². The average molecular weight is 227 g/mol. The van der Waals surface area contributed by atoms with Crippen LogP contribution in [0.4, 0.5) is 0 Å². The molecule has 1 rings (SSSR count). The molecule has 1 amide bonds. The predicted octanol–water partition coefficient (Wildman–Crippen LogP) is 0.524. The van der Waals surface area contributed by atoms with Crippen molar-refractivity contribution in [3.63, 3.8) is 0 Å². The van der Waals surface area contributed by atoms with Crippen molar-refractivity contribution in [1.29, 1.82) is 0 Å². The fourth-order valence-electron chi connectivity index (χ4n) is 2.37. The van der Waals surface area contributed by atoms with Crippen molar-refractivity contribution in [3.8, 4) is 0 Å². The second kappa shape index (κ2) is 6.21. The fraction of sp³-hybridized carbons (Fsp3) is 0.917. The summed E-state index contributed by atoms with van der Waals surface area (Å²) in [5.74, 6) is 0.712. The monoisotopic (exact) mass is 227 g/mol. The Kier molecular flexibility index (Phi) is 5.22. The van der Waals surface area contributed by atoms with Gasteiger partial charge in [0, 0.05) is 20.1 Å². The summed E-state index contributed by atoms with van der Waals surface area (Å²) in [6.07, 6.45) is 2.94. The van der Waals surface area contributed by atoms with Gasteiger partial charge in [-0.15, -0.1) is 0 Å². The summed E-state index contributed by atoms with van der Waals surface area (Å²) >= 11 is 0. The summed E-state index contributed by atoms with van der Waals surface area (Å²) in [4.78, 5) is 16.0. The van der Waals surface area contributed by atoms with Gasteiger partial charge >= 0.3 is 0 Å². The fourth-order valence-corrected chi connectivity index (χ4v) is 2.37. The minimum absolute atomic E-state index is 0.0939. The Labute approximate surface area is 98.8 Å². The van der Waals surface area contributed by atoms with Crippen LogP contribution >= 0.6 is 0 Å². The molecule has 2 atom stereocenters. The summed E-state index contributed by atoms with van der Waals surface area (Å²) in [6, 6.07) is -0.311. The zero-order valence-electron chi connectivity index (χ0n) is 10.8. The molecule has 0 radical (unpaired) electrons. The Morgan fingerprint density at radius 3 is 2.81 bits per heavy atom. The number of likely N-dealkylation sites (tertiary alicyclic amines) is 1. The maximum absolute atomic E-state index is 11.9. The molecule has 2 N–H and O–H groups in total. The van der Waals surface area contributed by atoms with Gasteiger partial charge in [0.05, 0.1) is 6.04 Å². The molecule has 0 aromatic rings. The first kappa shape index (κ1) is 13.5. The van der Waals surface area contributed by atoms with Crippen molar-refractivity contribution < 1.29 is 4.79 Å². The molecular weight excluding hydrogens is 202 g/mol. The first-order valence-electron chi connectivity index (χ1n) is 6.23. The SMILES string of the molecule is CCC[C@@H](N)C(=O)N(C)CC1CCN(C)C1. The van der Waals surface area contributed by atoms with Gasteiger partial charge in [0.1, 0.15) is 0 Å². The molecule has 0 aromatic heterocycles. The zero-order valence-corrected chi connectivity index (χ0v) is 10.8. The number of carbonyl (C=O) groups excluding carboxylic acids is 1. The summed E-state index contributed by atoms with van der Waals surface area (Å²) in [5, 5.41) is 0. The van der Waals surface area contributed by atoms with Crippen molar-refractivity contribution in [2.75, 3.05) is 33.7 Å². The highest BCUT2D eigenvalue weighted by Gasteiger charge is 2.24. The van der Waals surface area contributed by atoms with Crippen LogP contribution in [0.2, 0.25) is 0 Å². The Balaban J connectivity index is 2.33. The molecule has 0 aliphatic carbocycles. The van der Waals surface area contributed by atoms with E-state index in [1.165, 1.54) is 6.42 Å². The molecule has 0 saturated carbocycles. The maximum atomic E-state index is 11.9. The molecule has 0 bridgehead atoms. The lowest BCUT2D eigenvalue weighted by Crippen LogP contribution is -2.43. The van der Waals surface area contributed by atoms with Gasteiger partial charge < -0.3 is 15.5 Å². The van der Waals surface area contributed by atoms with Crippen LogP contribution < -0.4 is 5.73 Å². The number of rotatable bonds is 5. The van der Waals surface area contributed by atoms with Crippen molar-refractivity contribution in [2.45, 2.75) is 32.2 Å². The van der Waals surface area contributed by atoms with E-state index in [0.29, 0.717) is 5.92 Å². The highest BCUT2D eigenvalue weighted by atomic mass is 16.2. The van der Waals surface area contributed by atoms with Crippen LogP contribution in [-0.2, 0) is 4.79 Å². The van der Waals surface area contributed by atoms with Crippen LogP contribution in [0.25, 0.3) is 0 Å². The zero-order chi connectivity index (χ0) is 12.1. The third-order valence-electron chi connectivity index (χ3n) is 3.31. The van der Waals surface area contributed by atoms with E-state index in [1.54, 1.807) is 0 Å².